The summed E-state index contributed by atoms with van der Waals surface area (Å²) in [6.45, 7) is 19.6. The number of carbonyl (C=O) groups excluding carboxylic acids is 2. The average Bonchev–Trinajstić information content (AvgIpc) is 3.39. The molecule has 1 amide bonds. The Morgan fingerprint density at radius 3 is 2.25 bits per heavy atom. The molecule has 7 atom stereocenters. The highest BCUT2D eigenvalue weighted by Crippen LogP contribution is 2.66. The van der Waals surface area contributed by atoms with Crippen LogP contribution in [0, 0.1) is 40.4 Å². The van der Waals surface area contributed by atoms with Gasteiger partial charge in [-0.15, -0.1) is 0 Å². The molecular formula is C46H83N3O3. The number of hydrogen-bond acceptors (Lipinski definition) is 5. The van der Waals surface area contributed by atoms with Gasteiger partial charge in [0.15, 0.2) is 0 Å². The van der Waals surface area contributed by atoms with Crippen molar-refractivity contribution >= 4 is 11.9 Å². The highest BCUT2D eigenvalue weighted by molar-refractivity contribution is 5.77. The van der Waals surface area contributed by atoms with E-state index in [4.69, 9.17) is 16.2 Å². The summed E-state index contributed by atoms with van der Waals surface area (Å²) < 4.78 is 6.12. The first-order valence-electron chi connectivity index (χ1n) is 22.2. The van der Waals surface area contributed by atoms with E-state index in [1.54, 1.807) is 5.57 Å². The predicted molar refractivity (Wildman–Crippen MR) is 218 cm³/mol. The number of fused-ring (bicyclic) bond motifs is 5. The fourth-order valence-corrected chi connectivity index (χ4v) is 11.2. The number of nitrogens with zero attached hydrogens (tertiary/aromatic N) is 1. The lowest BCUT2D eigenvalue weighted by Crippen LogP contribution is -2.50. The lowest BCUT2D eigenvalue weighted by Gasteiger charge is -2.58. The van der Waals surface area contributed by atoms with E-state index in [9.17, 15) is 9.59 Å². The summed E-state index contributed by atoms with van der Waals surface area (Å²) in [5.74, 6) is 4.24. The molecule has 4 aliphatic rings. The van der Waals surface area contributed by atoms with E-state index in [2.05, 4.69) is 47.6 Å². The fraction of sp³-hybridized carbons (Fsp3) is 0.913. The van der Waals surface area contributed by atoms with Gasteiger partial charge in [-0.3, -0.25) is 9.59 Å². The number of amides is 1. The number of unbranched alkanes of at least 4 members (excludes halogenated alkanes) is 5. The van der Waals surface area contributed by atoms with Gasteiger partial charge in [0.2, 0.25) is 5.91 Å². The third kappa shape index (κ3) is 12.3. The number of allylic oxidation sites excluding steroid dienone is 1. The second kappa shape index (κ2) is 19.0. The Morgan fingerprint density at radius 2 is 1.54 bits per heavy atom. The van der Waals surface area contributed by atoms with Gasteiger partial charge in [0.25, 0.3) is 0 Å². The van der Waals surface area contributed by atoms with E-state index >= 15 is 0 Å². The molecule has 6 nitrogen and oxygen atoms in total. The number of ether oxygens (including phenoxy) is 1. The summed E-state index contributed by atoms with van der Waals surface area (Å²) in [5, 5.41) is 0. The van der Waals surface area contributed by atoms with Gasteiger partial charge in [-0.1, -0.05) is 84.3 Å². The molecule has 0 aliphatic heterocycles. The quantitative estimate of drug-likeness (QED) is 0.0697. The smallest absolute Gasteiger partial charge is 0.306 e. The third-order valence-electron chi connectivity index (χ3n) is 14.5. The van der Waals surface area contributed by atoms with Gasteiger partial charge < -0.3 is 21.1 Å². The third-order valence-corrected chi connectivity index (χ3v) is 14.5. The number of nitrogens with two attached hydrogens (primary N) is 2. The van der Waals surface area contributed by atoms with Crippen LogP contribution in [0.1, 0.15) is 197 Å². The summed E-state index contributed by atoms with van der Waals surface area (Å²) in [5.41, 5.74) is 14.4. The molecule has 0 spiro atoms. The molecule has 0 saturated heterocycles. The van der Waals surface area contributed by atoms with Crippen molar-refractivity contribution in [1.82, 2.24) is 4.90 Å². The van der Waals surface area contributed by atoms with Crippen LogP contribution in [0.5, 0.6) is 0 Å². The van der Waals surface area contributed by atoms with Crippen LogP contribution in [-0.2, 0) is 14.3 Å². The zero-order valence-electron chi connectivity index (χ0n) is 35.3. The maximum absolute atomic E-state index is 13.3. The Labute approximate surface area is 320 Å². The predicted octanol–water partition coefficient (Wildman–Crippen LogP) is 10.9. The van der Waals surface area contributed by atoms with Crippen molar-refractivity contribution in [2.75, 3.05) is 13.1 Å². The highest BCUT2D eigenvalue weighted by atomic mass is 16.5. The standard InChI is InChI=1S/C46H83N3O3/c1-34(2)17-12-13-18-35-22-24-39-38-23-21-36-33-37(25-28-46(36,8)40(38)26-29-45(35,39)7)52-42(51)20-16-19-41(50)49(32-30-44(5,6)48)31-15-11-9-10-14-27-43(3,4)47/h21,34-35,37-40H,9-20,22-33,47-48H2,1-8H3/t35-,37-,38-,39-,40-,45+,46-/m0/s1. The molecule has 300 valence electrons. The van der Waals surface area contributed by atoms with E-state index < -0.39 is 0 Å². The number of esters is 1. The zero-order chi connectivity index (χ0) is 38.2. The zero-order valence-corrected chi connectivity index (χ0v) is 35.3. The summed E-state index contributed by atoms with van der Waals surface area (Å²) in [4.78, 5) is 28.4. The van der Waals surface area contributed by atoms with E-state index in [-0.39, 0.29) is 34.5 Å². The first-order chi connectivity index (χ1) is 24.4. The largest absolute Gasteiger partial charge is 0.462 e. The molecule has 0 aromatic rings. The Hall–Kier alpha value is -1.40. The van der Waals surface area contributed by atoms with Crippen LogP contribution in [0.15, 0.2) is 11.6 Å². The molecular weight excluding hydrogens is 643 g/mol. The van der Waals surface area contributed by atoms with Crippen LogP contribution in [0.4, 0.5) is 0 Å². The van der Waals surface area contributed by atoms with Crippen molar-refractivity contribution in [1.29, 1.82) is 0 Å². The van der Waals surface area contributed by atoms with Gasteiger partial charge in [0.05, 0.1) is 0 Å². The number of hydrogen-bond donors (Lipinski definition) is 2. The molecule has 0 unspecified atom stereocenters. The molecule has 52 heavy (non-hydrogen) atoms. The molecule has 0 radical (unpaired) electrons. The minimum Gasteiger partial charge on any atom is -0.462 e. The number of carbonyl (C=O) groups is 2. The normalized spacial score (nSPS) is 30.4. The second-order valence-corrected chi connectivity index (χ2v) is 20.6. The van der Waals surface area contributed by atoms with Crippen molar-refractivity contribution in [2.24, 2.45) is 51.9 Å². The van der Waals surface area contributed by atoms with Crippen LogP contribution in [-0.4, -0.2) is 47.0 Å². The van der Waals surface area contributed by atoms with E-state index in [0.717, 1.165) is 87.5 Å². The van der Waals surface area contributed by atoms with E-state index in [0.29, 0.717) is 31.2 Å². The van der Waals surface area contributed by atoms with Crippen LogP contribution in [0.2, 0.25) is 0 Å². The SMILES string of the molecule is CC(C)CCCC[C@H]1CC[C@H]2[C@@H]3CC=C4C[C@@H](OC(=O)CCCC(=O)N(CCCCCCCC(C)(C)N)CCC(C)(C)N)CC[C@]4(C)[C@H]3CC[C@]12C. The van der Waals surface area contributed by atoms with Crippen molar-refractivity contribution in [2.45, 2.75) is 214 Å². The molecule has 0 aromatic carbocycles. The molecule has 0 aromatic heterocycles. The minimum atomic E-state index is -0.314. The number of rotatable bonds is 21. The van der Waals surface area contributed by atoms with Crippen molar-refractivity contribution in [3.63, 3.8) is 0 Å². The van der Waals surface area contributed by atoms with Crippen molar-refractivity contribution in [3.8, 4) is 0 Å². The minimum absolute atomic E-state index is 0.0196. The topological polar surface area (TPSA) is 98.7 Å². The highest BCUT2D eigenvalue weighted by Gasteiger charge is 2.58. The Kier molecular flexibility index (Phi) is 15.8. The second-order valence-electron chi connectivity index (χ2n) is 20.6. The van der Waals surface area contributed by atoms with Crippen molar-refractivity contribution in [3.05, 3.63) is 11.6 Å². The van der Waals surface area contributed by atoms with Crippen LogP contribution < -0.4 is 11.5 Å². The van der Waals surface area contributed by atoms with Crippen molar-refractivity contribution < 1.29 is 14.3 Å². The maximum atomic E-state index is 13.3. The first-order valence-corrected chi connectivity index (χ1v) is 22.2. The Bertz CT molecular complexity index is 1170. The molecule has 4 rings (SSSR count). The Morgan fingerprint density at radius 1 is 0.827 bits per heavy atom. The molecule has 3 saturated carbocycles. The molecule has 3 fully saturated rings. The molecule has 4 aliphatic carbocycles. The lowest BCUT2D eigenvalue weighted by molar-refractivity contribution is -0.151. The monoisotopic (exact) mass is 726 g/mol. The van der Waals surface area contributed by atoms with Gasteiger partial charge in [-0.25, -0.2) is 0 Å². The lowest BCUT2D eigenvalue weighted by atomic mass is 9.47. The van der Waals surface area contributed by atoms with Gasteiger partial charge in [-0.2, -0.15) is 0 Å². The van der Waals surface area contributed by atoms with Crippen LogP contribution >= 0.6 is 0 Å². The summed E-state index contributed by atoms with van der Waals surface area (Å²) >= 11 is 0. The van der Waals surface area contributed by atoms with Gasteiger partial charge in [-0.05, 0) is 145 Å². The Balaban J connectivity index is 1.21. The molecule has 0 bridgehead atoms. The van der Waals surface area contributed by atoms with E-state index in [1.165, 1.54) is 70.6 Å². The molecule has 6 heteroatoms. The summed E-state index contributed by atoms with van der Waals surface area (Å²) in [6, 6.07) is 0. The van der Waals surface area contributed by atoms with Gasteiger partial charge in [0, 0.05) is 43.4 Å². The van der Waals surface area contributed by atoms with Gasteiger partial charge in [0.1, 0.15) is 6.10 Å². The molecule has 4 N–H and O–H groups in total. The van der Waals surface area contributed by atoms with Gasteiger partial charge >= 0.3 is 5.97 Å². The maximum Gasteiger partial charge on any atom is 0.306 e. The first kappa shape index (κ1) is 43.3. The average molecular weight is 726 g/mol. The van der Waals surface area contributed by atoms with Crippen LogP contribution in [0.3, 0.4) is 0 Å². The summed E-state index contributed by atoms with van der Waals surface area (Å²) in [6.07, 6.45) is 26.8. The fourth-order valence-electron chi connectivity index (χ4n) is 11.2. The molecule has 0 heterocycles. The van der Waals surface area contributed by atoms with Crippen LogP contribution in [0.25, 0.3) is 0 Å². The van der Waals surface area contributed by atoms with E-state index in [1.807, 2.05) is 18.7 Å². The summed E-state index contributed by atoms with van der Waals surface area (Å²) in [7, 11) is 0.